The number of hydrogen-bond donors (Lipinski definition) is 2. The zero-order chi connectivity index (χ0) is 17.1. The summed E-state index contributed by atoms with van der Waals surface area (Å²) in [4.78, 5) is 24.9. The topological polar surface area (TPSA) is 84.7 Å². The number of fused-ring (bicyclic) bond motifs is 1. The van der Waals surface area contributed by atoms with Crippen molar-refractivity contribution in [3.63, 3.8) is 0 Å². The van der Waals surface area contributed by atoms with Crippen LogP contribution >= 0.6 is 0 Å². The molecule has 0 saturated heterocycles. The summed E-state index contributed by atoms with van der Waals surface area (Å²) in [5, 5.41) is 2.60. The lowest BCUT2D eigenvalue weighted by Crippen LogP contribution is -2.39. The fourth-order valence-electron chi connectivity index (χ4n) is 2.98. The second-order valence-corrected chi connectivity index (χ2v) is 5.63. The molecule has 6 nitrogen and oxygen atoms in total. The minimum Gasteiger partial charge on any atom is -0.444 e. The van der Waals surface area contributed by atoms with E-state index >= 15 is 0 Å². The van der Waals surface area contributed by atoms with Crippen LogP contribution in [0.3, 0.4) is 0 Å². The van der Waals surface area contributed by atoms with Gasteiger partial charge in [-0.05, 0) is 35.9 Å². The first-order valence-electron chi connectivity index (χ1n) is 7.72. The molecule has 0 saturated carbocycles. The van der Waals surface area contributed by atoms with E-state index in [-0.39, 0.29) is 12.0 Å². The van der Waals surface area contributed by atoms with Crippen molar-refractivity contribution in [2.45, 2.75) is 12.5 Å². The summed E-state index contributed by atoms with van der Waals surface area (Å²) in [6.07, 6.45) is -0.448. The largest absolute Gasteiger partial charge is 0.444 e. The van der Waals surface area contributed by atoms with Crippen molar-refractivity contribution in [3.05, 3.63) is 59.7 Å². The van der Waals surface area contributed by atoms with E-state index < -0.39 is 6.09 Å². The van der Waals surface area contributed by atoms with E-state index in [0.717, 1.165) is 16.9 Å². The van der Waals surface area contributed by atoms with E-state index in [1.54, 1.807) is 19.2 Å². The number of carbonyl (C=O) groups excluding carboxylic acids is 2. The molecule has 3 rings (SSSR count). The van der Waals surface area contributed by atoms with Gasteiger partial charge in [0.05, 0.1) is 6.54 Å². The molecule has 1 aliphatic heterocycles. The van der Waals surface area contributed by atoms with Crippen molar-refractivity contribution in [1.82, 2.24) is 5.32 Å². The summed E-state index contributed by atoms with van der Waals surface area (Å²) in [6, 6.07) is 15.3. The Bertz CT molecular complexity index is 758. The molecule has 2 aromatic rings. The van der Waals surface area contributed by atoms with Gasteiger partial charge in [0.25, 0.3) is 5.91 Å². The zero-order valence-corrected chi connectivity index (χ0v) is 13.4. The predicted octanol–water partition coefficient (Wildman–Crippen LogP) is 2.20. The van der Waals surface area contributed by atoms with E-state index in [0.29, 0.717) is 18.5 Å². The van der Waals surface area contributed by atoms with Gasteiger partial charge in [0.1, 0.15) is 6.10 Å². The normalized spacial score (nSPS) is 16.2. The smallest absolute Gasteiger partial charge is 0.404 e. The van der Waals surface area contributed by atoms with Crippen molar-refractivity contribution >= 4 is 23.4 Å². The first-order valence-corrected chi connectivity index (χ1v) is 7.72. The Kier molecular flexibility index (Phi) is 4.37. The average Bonchev–Trinajstić information content (AvgIpc) is 2.60. The van der Waals surface area contributed by atoms with Crippen LogP contribution in [0.25, 0.3) is 0 Å². The zero-order valence-electron chi connectivity index (χ0n) is 13.4. The second kappa shape index (κ2) is 6.62. The number of anilines is 2. The van der Waals surface area contributed by atoms with Crippen molar-refractivity contribution < 1.29 is 14.3 Å². The number of nitrogens with two attached hydrogens (primary N) is 1. The van der Waals surface area contributed by atoms with Crippen LogP contribution in [0.4, 0.5) is 16.2 Å². The Balaban J connectivity index is 1.93. The van der Waals surface area contributed by atoms with Gasteiger partial charge in [-0.2, -0.15) is 0 Å². The molecule has 3 N–H and O–H groups in total. The van der Waals surface area contributed by atoms with Crippen LogP contribution in [0.2, 0.25) is 0 Å². The molecular formula is C18H19N3O3. The molecule has 6 heteroatoms. The average molecular weight is 325 g/mol. The SMILES string of the molecule is CNC(=O)c1ccc(N2CC(OC(N)=O)Cc3ccccc32)cc1. The number of hydrogen-bond acceptors (Lipinski definition) is 4. The maximum absolute atomic E-state index is 11.7. The molecule has 124 valence electrons. The maximum atomic E-state index is 11.7. The quantitative estimate of drug-likeness (QED) is 0.906. The molecule has 0 aromatic heterocycles. The number of carbonyl (C=O) groups is 2. The third-order valence-electron chi connectivity index (χ3n) is 4.07. The van der Waals surface area contributed by atoms with Crippen molar-refractivity contribution in [2.24, 2.45) is 5.73 Å². The fourth-order valence-corrected chi connectivity index (χ4v) is 2.98. The van der Waals surface area contributed by atoms with Gasteiger partial charge in [-0.25, -0.2) is 4.79 Å². The van der Waals surface area contributed by atoms with Crippen LogP contribution in [0.1, 0.15) is 15.9 Å². The van der Waals surface area contributed by atoms with Crippen molar-refractivity contribution in [2.75, 3.05) is 18.5 Å². The third kappa shape index (κ3) is 3.17. The summed E-state index contributed by atoms with van der Waals surface area (Å²) in [5.41, 5.74) is 8.84. The molecule has 0 aliphatic carbocycles. The molecule has 2 amide bonds. The van der Waals surface area contributed by atoms with Gasteiger partial charge in [-0.1, -0.05) is 18.2 Å². The molecule has 0 bridgehead atoms. The molecule has 1 unspecified atom stereocenters. The molecular weight excluding hydrogens is 306 g/mol. The lowest BCUT2D eigenvalue weighted by molar-refractivity contribution is 0.0962. The number of nitrogens with one attached hydrogen (secondary N) is 1. The summed E-state index contributed by atoms with van der Waals surface area (Å²) < 4.78 is 5.21. The van der Waals surface area contributed by atoms with Crippen molar-refractivity contribution in [3.8, 4) is 0 Å². The monoisotopic (exact) mass is 325 g/mol. The van der Waals surface area contributed by atoms with Crippen LogP contribution in [-0.2, 0) is 11.2 Å². The Morgan fingerprint density at radius 1 is 1.17 bits per heavy atom. The van der Waals surface area contributed by atoms with E-state index in [1.807, 2.05) is 36.4 Å². The molecule has 0 spiro atoms. The number of primary amides is 1. The van der Waals surface area contributed by atoms with Crippen LogP contribution in [-0.4, -0.2) is 31.7 Å². The molecule has 0 radical (unpaired) electrons. The lowest BCUT2D eigenvalue weighted by Gasteiger charge is -2.35. The van der Waals surface area contributed by atoms with E-state index in [4.69, 9.17) is 10.5 Å². The standard InChI is InChI=1S/C18H19N3O3/c1-20-17(22)12-6-8-14(9-7-12)21-11-15(24-18(19)23)10-13-4-2-3-5-16(13)21/h2-9,15H,10-11H2,1H3,(H2,19,23)(H,20,22). The maximum Gasteiger partial charge on any atom is 0.404 e. The van der Waals surface area contributed by atoms with Gasteiger partial charge >= 0.3 is 6.09 Å². The Morgan fingerprint density at radius 2 is 1.88 bits per heavy atom. The van der Waals surface area contributed by atoms with Gasteiger partial charge in [-0.15, -0.1) is 0 Å². The number of para-hydroxylation sites is 1. The molecule has 1 atom stereocenters. The highest BCUT2D eigenvalue weighted by molar-refractivity contribution is 5.94. The number of amides is 2. The number of rotatable bonds is 3. The van der Waals surface area contributed by atoms with E-state index in [9.17, 15) is 9.59 Å². The minimum atomic E-state index is -0.769. The highest BCUT2D eigenvalue weighted by Crippen LogP contribution is 2.34. The summed E-state index contributed by atoms with van der Waals surface area (Å²) in [6.45, 7) is 0.513. The Morgan fingerprint density at radius 3 is 2.54 bits per heavy atom. The number of nitrogens with zero attached hydrogens (tertiary/aromatic N) is 1. The molecule has 24 heavy (non-hydrogen) atoms. The van der Waals surface area contributed by atoms with E-state index in [1.165, 1.54) is 0 Å². The number of ether oxygens (including phenoxy) is 1. The molecule has 0 fully saturated rings. The molecule has 2 aromatic carbocycles. The van der Waals surface area contributed by atoms with Gasteiger partial charge in [0.15, 0.2) is 0 Å². The van der Waals surface area contributed by atoms with Crippen LogP contribution < -0.4 is 16.0 Å². The lowest BCUT2D eigenvalue weighted by atomic mass is 9.98. The first kappa shape index (κ1) is 15.9. The fraction of sp³-hybridized carbons (Fsp3) is 0.222. The van der Waals surface area contributed by atoms with E-state index in [2.05, 4.69) is 10.2 Å². The second-order valence-electron chi connectivity index (χ2n) is 5.63. The summed E-state index contributed by atoms with van der Waals surface area (Å²) in [7, 11) is 1.60. The highest BCUT2D eigenvalue weighted by atomic mass is 16.6. The summed E-state index contributed by atoms with van der Waals surface area (Å²) in [5.74, 6) is -0.129. The molecule has 1 aliphatic rings. The predicted molar refractivity (Wildman–Crippen MR) is 91.4 cm³/mol. The van der Waals surface area contributed by atoms with Crippen LogP contribution in [0, 0.1) is 0 Å². The van der Waals surface area contributed by atoms with Crippen LogP contribution in [0.5, 0.6) is 0 Å². The third-order valence-corrected chi connectivity index (χ3v) is 4.07. The highest BCUT2D eigenvalue weighted by Gasteiger charge is 2.27. The Hall–Kier alpha value is -3.02. The van der Waals surface area contributed by atoms with Crippen molar-refractivity contribution in [1.29, 1.82) is 0 Å². The first-order chi connectivity index (χ1) is 11.6. The van der Waals surface area contributed by atoms with Gasteiger partial charge in [0.2, 0.25) is 0 Å². The minimum absolute atomic E-state index is 0.129. The Labute approximate surface area is 140 Å². The van der Waals surface area contributed by atoms with Crippen LogP contribution in [0.15, 0.2) is 48.5 Å². The van der Waals surface area contributed by atoms with Gasteiger partial charge in [-0.3, -0.25) is 4.79 Å². The molecule has 1 heterocycles. The van der Waals surface area contributed by atoms with Gasteiger partial charge < -0.3 is 20.7 Å². The summed E-state index contributed by atoms with van der Waals surface area (Å²) >= 11 is 0. The number of benzene rings is 2. The van der Waals surface area contributed by atoms with Gasteiger partial charge in [0, 0.05) is 30.4 Å².